The Labute approximate surface area is 212 Å². The molecule has 0 spiro atoms. The van der Waals surface area contributed by atoms with Crippen LogP contribution in [-0.2, 0) is 25.5 Å². The number of hydrogen-bond acceptors (Lipinski definition) is 6. The summed E-state index contributed by atoms with van der Waals surface area (Å²) in [6.07, 6.45) is 0.941. The highest BCUT2D eigenvalue weighted by Gasteiger charge is 2.32. The highest BCUT2D eigenvalue weighted by Crippen LogP contribution is 2.28. The van der Waals surface area contributed by atoms with Gasteiger partial charge in [0.1, 0.15) is 11.6 Å². The van der Waals surface area contributed by atoms with Crippen LogP contribution in [0, 0.1) is 11.8 Å². The molecule has 0 aliphatic heterocycles. The summed E-state index contributed by atoms with van der Waals surface area (Å²) in [7, 11) is 0. The van der Waals surface area contributed by atoms with Gasteiger partial charge in [-0.1, -0.05) is 30.3 Å². The van der Waals surface area contributed by atoms with Gasteiger partial charge in [-0.25, -0.2) is 9.59 Å². The highest BCUT2D eigenvalue weighted by atomic mass is 16.6. The van der Waals surface area contributed by atoms with Crippen LogP contribution in [0.3, 0.4) is 0 Å². The molecule has 3 atom stereocenters. The van der Waals surface area contributed by atoms with Crippen LogP contribution >= 0.6 is 0 Å². The van der Waals surface area contributed by atoms with Crippen LogP contribution in [0.2, 0.25) is 0 Å². The van der Waals surface area contributed by atoms with Crippen LogP contribution in [0.4, 0.5) is 4.79 Å². The molecule has 1 saturated carbocycles. The van der Waals surface area contributed by atoms with Gasteiger partial charge < -0.3 is 30.9 Å². The summed E-state index contributed by atoms with van der Waals surface area (Å²) in [5.74, 6) is -2.15. The summed E-state index contributed by atoms with van der Waals surface area (Å²) in [6.45, 7) is 6.98. The molecule has 1 aliphatic rings. The summed E-state index contributed by atoms with van der Waals surface area (Å²) in [5.41, 5.74) is 0.208. The fourth-order valence-corrected chi connectivity index (χ4v) is 4.17. The number of benzene rings is 1. The van der Waals surface area contributed by atoms with Crippen LogP contribution in [0.5, 0.6) is 0 Å². The fraction of sp³-hybridized carbons (Fsp3) is 0.615. The first-order valence-corrected chi connectivity index (χ1v) is 12.4. The lowest BCUT2D eigenvalue weighted by Crippen LogP contribution is -2.51. The Morgan fingerprint density at radius 2 is 1.64 bits per heavy atom. The molecule has 0 bridgehead atoms. The van der Waals surface area contributed by atoms with E-state index in [0.29, 0.717) is 38.6 Å². The molecule has 1 aromatic rings. The molecule has 3 amide bonds. The Hall–Kier alpha value is -3.14. The normalized spacial score (nSPS) is 20.4. The summed E-state index contributed by atoms with van der Waals surface area (Å²) >= 11 is 0. The van der Waals surface area contributed by atoms with Crippen LogP contribution in [0.25, 0.3) is 0 Å². The Balaban J connectivity index is 1.89. The number of aliphatic hydroxyl groups is 1. The number of nitrogens with one attached hydrogen (secondary N) is 3. The molecule has 10 heteroatoms. The lowest BCUT2D eigenvalue weighted by atomic mass is 9.81. The Bertz CT molecular complexity index is 891. The van der Waals surface area contributed by atoms with Gasteiger partial charge in [0.05, 0.1) is 6.10 Å². The molecule has 0 saturated heterocycles. The average Bonchev–Trinajstić information content (AvgIpc) is 2.79. The lowest BCUT2D eigenvalue weighted by molar-refractivity contribution is -0.145. The van der Waals surface area contributed by atoms with Gasteiger partial charge in [-0.15, -0.1) is 0 Å². The van der Waals surface area contributed by atoms with E-state index in [2.05, 4.69) is 16.0 Å². The minimum Gasteiger partial charge on any atom is -0.480 e. The number of carbonyl (C=O) groups is 4. The molecule has 1 aromatic carbocycles. The second-order valence-electron chi connectivity index (χ2n) is 10.4. The predicted molar refractivity (Wildman–Crippen MR) is 133 cm³/mol. The summed E-state index contributed by atoms with van der Waals surface area (Å²) in [4.78, 5) is 49.0. The van der Waals surface area contributed by atoms with Crippen molar-refractivity contribution in [2.24, 2.45) is 11.8 Å². The smallest absolute Gasteiger partial charge is 0.408 e. The largest absolute Gasteiger partial charge is 0.480 e. The maximum absolute atomic E-state index is 13.0. The number of aliphatic carboxylic acids is 1. The van der Waals surface area contributed by atoms with E-state index in [0.717, 1.165) is 5.56 Å². The first-order chi connectivity index (χ1) is 16.9. The molecule has 0 radical (unpaired) electrons. The first-order valence-electron chi connectivity index (χ1n) is 12.4. The molecule has 0 heterocycles. The molecule has 10 nitrogen and oxygen atoms in total. The molecule has 1 unspecified atom stereocenters. The topological polar surface area (TPSA) is 154 Å². The highest BCUT2D eigenvalue weighted by molar-refractivity contribution is 5.86. The van der Waals surface area contributed by atoms with Gasteiger partial charge >= 0.3 is 12.1 Å². The van der Waals surface area contributed by atoms with E-state index in [1.54, 1.807) is 20.8 Å². The van der Waals surface area contributed by atoms with Gasteiger partial charge in [-0.05, 0) is 64.9 Å². The molecule has 200 valence electrons. The lowest BCUT2D eigenvalue weighted by Gasteiger charge is -2.29. The zero-order valence-electron chi connectivity index (χ0n) is 21.5. The number of amides is 3. The van der Waals surface area contributed by atoms with Gasteiger partial charge in [0.25, 0.3) is 0 Å². The van der Waals surface area contributed by atoms with Crippen molar-refractivity contribution in [2.75, 3.05) is 6.54 Å². The second kappa shape index (κ2) is 13.2. The van der Waals surface area contributed by atoms with Gasteiger partial charge in [-0.2, -0.15) is 0 Å². The number of ether oxygens (including phenoxy) is 1. The van der Waals surface area contributed by atoms with Crippen molar-refractivity contribution in [2.45, 2.75) is 83.6 Å². The molecule has 0 aromatic heterocycles. The predicted octanol–water partition coefficient (Wildman–Crippen LogP) is 2.00. The van der Waals surface area contributed by atoms with Gasteiger partial charge in [-0.3, -0.25) is 9.59 Å². The van der Waals surface area contributed by atoms with Crippen LogP contribution < -0.4 is 16.0 Å². The Morgan fingerprint density at radius 1 is 1.03 bits per heavy atom. The molecular formula is C26H39N3O7. The van der Waals surface area contributed by atoms with Gasteiger partial charge in [0, 0.05) is 18.9 Å². The quantitative estimate of drug-likeness (QED) is 0.326. The number of alkyl carbamates (subject to hydrolysis) is 1. The summed E-state index contributed by atoms with van der Waals surface area (Å²) in [5, 5.41) is 26.7. The molecule has 1 aliphatic carbocycles. The van der Waals surface area contributed by atoms with Crippen molar-refractivity contribution < 1.29 is 34.1 Å². The zero-order chi connectivity index (χ0) is 26.9. The molecule has 1 fully saturated rings. The molecule has 2 rings (SSSR count). The standard InChI is InChI=1S/C26H39N3O7/c1-16(30)21(24(33)34)29-22(31)19-12-10-18(11-13-19)15-27-23(32)20(14-17-8-6-5-7-9-17)28-25(35)36-26(2,3)4/h5-9,16,18-21,30H,10-15H2,1-4H3,(H,27,32)(H,28,35)(H,29,31)(H,33,34)/t16?,18?,19?,20-,21+/m0/s1. The monoisotopic (exact) mass is 505 g/mol. The zero-order valence-corrected chi connectivity index (χ0v) is 21.5. The Kier molecular flexibility index (Phi) is 10.7. The summed E-state index contributed by atoms with van der Waals surface area (Å²) in [6, 6.07) is 7.23. The molecular weight excluding hydrogens is 466 g/mol. The van der Waals surface area contributed by atoms with Crippen molar-refractivity contribution >= 4 is 23.9 Å². The van der Waals surface area contributed by atoms with Crippen molar-refractivity contribution in [1.82, 2.24) is 16.0 Å². The van der Waals surface area contributed by atoms with Gasteiger partial charge in [0.2, 0.25) is 11.8 Å². The van der Waals surface area contributed by atoms with Crippen molar-refractivity contribution in [3.05, 3.63) is 35.9 Å². The third-order valence-corrected chi connectivity index (χ3v) is 6.12. The maximum atomic E-state index is 13.0. The van der Waals surface area contributed by atoms with E-state index in [4.69, 9.17) is 9.84 Å². The minimum atomic E-state index is -1.34. The maximum Gasteiger partial charge on any atom is 0.408 e. The van der Waals surface area contributed by atoms with Crippen molar-refractivity contribution in [1.29, 1.82) is 0 Å². The van der Waals surface area contributed by atoms with E-state index in [-0.39, 0.29) is 23.7 Å². The van der Waals surface area contributed by atoms with E-state index in [1.165, 1.54) is 6.92 Å². The van der Waals surface area contributed by atoms with Crippen molar-refractivity contribution in [3.8, 4) is 0 Å². The van der Waals surface area contributed by atoms with Crippen LogP contribution in [-0.4, -0.2) is 64.4 Å². The third kappa shape index (κ3) is 9.85. The number of hydrogen-bond donors (Lipinski definition) is 5. The second-order valence-corrected chi connectivity index (χ2v) is 10.4. The number of carboxylic acid groups (broad SMARTS) is 1. The SMILES string of the molecule is CC(O)[C@@H](NC(=O)C1CCC(CNC(=O)[C@H](Cc2ccccc2)NC(=O)OC(C)(C)C)CC1)C(=O)O. The fourth-order valence-electron chi connectivity index (χ4n) is 4.17. The number of rotatable bonds is 10. The van der Waals surface area contributed by atoms with E-state index < -0.39 is 35.9 Å². The average molecular weight is 506 g/mol. The third-order valence-electron chi connectivity index (χ3n) is 6.12. The van der Waals surface area contributed by atoms with Crippen molar-refractivity contribution in [3.63, 3.8) is 0 Å². The van der Waals surface area contributed by atoms with Crippen LogP contribution in [0.15, 0.2) is 30.3 Å². The number of carboxylic acids is 1. The number of aliphatic hydroxyl groups excluding tert-OH is 1. The van der Waals surface area contributed by atoms with E-state index in [1.807, 2.05) is 30.3 Å². The number of carbonyl (C=O) groups excluding carboxylic acids is 3. The first kappa shape index (κ1) is 29.1. The van der Waals surface area contributed by atoms with Gasteiger partial charge in [0.15, 0.2) is 6.04 Å². The minimum absolute atomic E-state index is 0.156. The summed E-state index contributed by atoms with van der Waals surface area (Å²) < 4.78 is 5.32. The molecule has 5 N–H and O–H groups in total. The van der Waals surface area contributed by atoms with E-state index in [9.17, 15) is 24.3 Å². The Morgan fingerprint density at radius 3 is 2.17 bits per heavy atom. The molecule has 36 heavy (non-hydrogen) atoms. The van der Waals surface area contributed by atoms with Crippen LogP contribution in [0.1, 0.15) is 58.9 Å². The van der Waals surface area contributed by atoms with E-state index >= 15 is 0 Å².